The second-order valence-corrected chi connectivity index (χ2v) is 4.10. The van der Waals surface area contributed by atoms with Gasteiger partial charge in [-0.05, 0) is 19.9 Å². The average molecular weight is 243 g/mol. The number of hydrogen-bond donors (Lipinski definition) is 1. The number of anilines is 1. The first-order valence-corrected chi connectivity index (χ1v) is 5.69. The zero-order valence-corrected chi connectivity index (χ0v) is 10.2. The van der Waals surface area contributed by atoms with Crippen LogP contribution in [-0.2, 0) is 19.7 Å². The summed E-state index contributed by atoms with van der Waals surface area (Å²) in [5.74, 6) is 4.24. The molecule has 1 aliphatic heterocycles. The number of hydrogen-bond acceptors (Lipinski definition) is 3. The van der Waals surface area contributed by atoms with E-state index >= 15 is 0 Å². The van der Waals surface area contributed by atoms with Gasteiger partial charge in [0, 0.05) is 17.2 Å². The summed E-state index contributed by atoms with van der Waals surface area (Å²) in [6.07, 6.45) is 0. The van der Waals surface area contributed by atoms with Crippen LogP contribution in [0.1, 0.15) is 19.4 Å². The molecule has 1 atom stereocenters. The second-order valence-electron chi connectivity index (χ2n) is 4.10. The maximum atomic E-state index is 12.0. The Labute approximate surface area is 105 Å². The van der Waals surface area contributed by atoms with E-state index < -0.39 is 11.4 Å². The quantitative estimate of drug-likeness (QED) is 0.461. The van der Waals surface area contributed by atoms with Crippen molar-refractivity contribution in [2.24, 2.45) is 0 Å². The van der Waals surface area contributed by atoms with Crippen molar-refractivity contribution < 1.29 is 14.3 Å². The molecular formula is C14H13NO3. The smallest absolute Gasteiger partial charge is 0.384 e. The molecule has 0 radical (unpaired) electrons. The van der Waals surface area contributed by atoms with Gasteiger partial charge in [-0.3, -0.25) is 4.79 Å². The molecule has 0 spiro atoms. The Morgan fingerprint density at radius 2 is 2.17 bits per heavy atom. The molecule has 0 saturated carbocycles. The van der Waals surface area contributed by atoms with Gasteiger partial charge >= 0.3 is 5.97 Å². The fourth-order valence-corrected chi connectivity index (χ4v) is 1.87. The van der Waals surface area contributed by atoms with Crippen molar-refractivity contribution in [3.05, 3.63) is 29.8 Å². The summed E-state index contributed by atoms with van der Waals surface area (Å²) < 4.78 is 4.73. The van der Waals surface area contributed by atoms with Crippen LogP contribution in [0, 0.1) is 11.8 Å². The Hall–Kier alpha value is -2.28. The number of para-hydroxylation sites is 1. The van der Waals surface area contributed by atoms with Crippen LogP contribution in [0.2, 0.25) is 0 Å². The van der Waals surface area contributed by atoms with Gasteiger partial charge in [-0.15, -0.1) is 0 Å². The fourth-order valence-electron chi connectivity index (χ4n) is 1.87. The average Bonchev–Trinajstić information content (AvgIpc) is 2.61. The third kappa shape index (κ3) is 1.95. The molecule has 18 heavy (non-hydrogen) atoms. The SMILES string of the molecule is CCOC(=O)C#C[C@@]1(C)C(=O)Nc2ccccc21. The van der Waals surface area contributed by atoms with Crippen molar-refractivity contribution in [1.82, 2.24) is 0 Å². The standard InChI is InChI=1S/C14H13NO3/c1-3-18-12(16)8-9-14(2)10-6-4-5-7-11(10)15-13(14)17/h4-7H,3H2,1-2H3,(H,15,17)/t14-/m1/s1. The van der Waals surface area contributed by atoms with Gasteiger partial charge in [0.15, 0.2) is 0 Å². The van der Waals surface area contributed by atoms with Crippen LogP contribution in [0.25, 0.3) is 0 Å². The first-order chi connectivity index (χ1) is 8.58. The molecule has 1 aromatic carbocycles. The largest absolute Gasteiger partial charge is 0.456 e. The van der Waals surface area contributed by atoms with E-state index in [2.05, 4.69) is 17.2 Å². The van der Waals surface area contributed by atoms with Crippen LogP contribution in [0.4, 0.5) is 5.69 Å². The lowest BCUT2D eigenvalue weighted by molar-refractivity contribution is -0.136. The highest BCUT2D eigenvalue weighted by Gasteiger charge is 2.41. The number of nitrogens with one attached hydrogen (secondary N) is 1. The number of esters is 1. The number of carbonyl (C=O) groups excluding carboxylic acids is 2. The van der Waals surface area contributed by atoms with E-state index in [0.717, 1.165) is 11.3 Å². The van der Waals surface area contributed by atoms with Gasteiger partial charge in [-0.25, -0.2) is 4.79 Å². The molecule has 1 aromatic rings. The molecule has 0 saturated heterocycles. The Morgan fingerprint density at radius 3 is 2.89 bits per heavy atom. The molecule has 4 heteroatoms. The van der Waals surface area contributed by atoms with Crippen molar-refractivity contribution >= 4 is 17.6 Å². The van der Waals surface area contributed by atoms with Crippen LogP contribution >= 0.6 is 0 Å². The molecular weight excluding hydrogens is 230 g/mol. The van der Waals surface area contributed by atoms with Gasteiger partial charge in [-0.2, -0.15) is 0 Å². The molecule has 2 rings (SSSR count). The number of ether oxygens (including phenoxy) is 1. The number of rotatable bonds is 1. The molecule has 4 nitrogen and oxygen atoms in total. The molecule has 92 valence electrons. The molecule has 0 fully saturated rings. The van der Waals surface area contributed by atoms with Gasteiger partial charge in [-0.1, -0.05) is 24.1 Å². The van der Waals surface area contributed by atoms with Crippen LogP contribution in [0.3, 0.4) is 0 Å². The minimum absolute atomic E-state index is 0.222. The van der Waals surface area contributed by atoms with Gasteiger partial charge in [0.25, 0.3) is 0 Å². The lowest BCUT2D eigenvalue weighted by atomic mass is 9.84. The van der Waals surface area contributed by atoms with E-state index in [1.165, 1.54) is 0 Å². The molecule has 0 aromatic heterocycles. The van der Waals surface area contributed by atoms with E-state index in [4.69, 9.17) is 4.74 Å². The van der Waals surface area contributed by atoms with Gasteiger partial charge in [0.2, 0.25) is 5.91 Å². The highest BCUT2D eigenvalue weighted by molar-refractivity contribution is 6.09. The zero-order valence-electron chi connectivity index (χ0n) is 10.2. The first-order valence-electron chi connectivity index (χ1n) is 5.69. The highest BCUT2D eigenvalue weighted by atomic mass is 16.5. The molecule has 1 heterocycles. The summed E-state index contributed by atoms with van der Waals surface area (Å²) in [6.45, 7) is 3.67. The predicted octanol–water partition coefficient (Wildman–Crippen LogP) is 1.46. The van der Waals surface area contributed by atoms with E-state index in [1.807, 2.05) is 24.3 Å². The summed E-state index contributed by atoms with van der Waals surface area (Å²) in [5.41, 5.74) is 0.526. The Balaban J connectivity index is 2.37. The molecule has 0 aliphatic carbocycles. The summed E-state index contributed by atoms with van der Waals surface area (Å²) >= 11 is 0. The Morgan fingerprint density at radius 1 is 1.44 bits per heavy atom. The number of benzene rings is 1. The predicted molar refractivity (Wildman–Crippen MR) is 66.8 cm³/mol. The molecule has 1 amide bonds. The number of fused-ring (bicyclic) bond motifs is 1. The molecule has 1 N–H and O–H groups in total. The Bertz CT molecular complexity index is 568. The number of carbonyl (C=O) groups is 2. The van der Waals surface area contributed by atoms with Crippen LogP contribution < -0.4 is 5.32 Å². The highest BCUT2D eigenvalue weighted by Crippen LogP contribution is 2.36. The van der Waals surface area contributed by atoms with Crippen molar-refractivity contribution in [2.45, 2.75) is 19.3 Å². The maximum absolute atomic E-state index is 12.0. The van der Waals surface area contributed by atoms with Crippen molar-refractivity contribution in [3.63, 3.8) is 0 Å². The monoisotopic (exact) mass is 243 g/mol. The third-order valence-electron chi connectivity index (χ3n) is 2.86. The van der Waals surface area contributed by atoms with Crippen LogP contribution in [0.5, 0.6) is 0 Å². The van der Waals surface area contributed by atoms with E-state index in [9.17, 15) is 9.59 Å². The second kappa shape index (κ2) is 4.53. The first kappa shape index (κ1) is 12.2. The van der Waals surface area contributed by atoms with E-state index in [-0.39, 0.29) is 12.5 Å². The summed E-state index contributed by atoms with van der Waals surface area (Å²) in [6, 6.07) is 7.31. The minimum atomic E-state index is -0.997. The lowest BCUT2D eigenvalue weighted by Gasteiger charge is -2.13. The topological polar surface area (TPSA) is 55.4 Å². The van der Waals surface area contributed by atoms with Gasteiger partial charge < -0.3 is 10.1 Å². The van der Waals surface area contributed by atoms with Crippen molar-refractivity contribution in [2.75, 3.05) is 11.9 Å². The third-order valence-corrected chi connectivity index (χ3v) is 2.86. The molecule has 0 unspecified atom stereocenters. The fraction of sp³-hybridized carbons (Fsp3) is 0.286. The van der Waals surface area contributed by atoms with Crippen molar-refractivity contribution in [3.8, 4) is 11.8 Å². The lowest BCUT2D eigenvalue weighted by Crippen LogP contribution is -2.29. The summed E-state index contributed by atoms with van der Waals surface area (Å²) in [4.78, 5) is 23.2. The van der Waals surface area contributed by atoms with E-state index in [1.54, 1.807) is 13.8 Å². The van der Waals surface area contributed by atoms with E-state index in [0.29, 0.717) is 0 Å². The molecule has 0 bridgehead atoms. The van der Waals surface area contributed by atoms with Crippen molar-refractivity contribution in [1.29, 1.82) is 0 Å². The summed E-state index contributed by atoms with van der Waals surface area (Å²) in [7, 11) is 0. The zero-order chi connectivity index (χ0) is 13.2. The van der Waals surface area contributed by atoms with Crippen LogP contribution in [0.15, 0.2) is 24.3 Å². The maximum Gasteiger partial charge on any atom is 0.384 e. The minimum Gasteiger partial charge on any atom is -0.456 e. The number of amides is 1. The van der Waals surface area contributed by atoms with Crippen LogP contribution in [-0.4, -0.2) is 18.5 Å². The van der Waals surface area contributed by atoms with Gasteiger partial charge in [0.05, 0.1) is 6.61 Å². The van der Waals surface area contributed by atoms with Gasteiger partial charge in [0.1, 0.15) is 5.41 Å². The summed E-state index contributed by atoms with van der Waals surface area (Å²) in [5, 5.41) is 2.75. The normalized spacial score (nSPS) is 20.4. The Kier molecular flexibility index (Phi) is 3.07. The molecule has 1 aliphatic rings.